The summed E-state index contributed by atoms with van der Waals surface area (Å²) < 4.78 is 0.933. The molecule has 0 saturated heterocycles. The van der Waals surface area contributed by atoms with Gasteiger partial charge in [0.15, 0.2) is 4.34 Å². The molecular weight excluding hydrogens is 252 g/mol. The second kappa shape index (κ2) is 5.97. The van der Waals surface area contributed by atoms with E-state index in [1.807, 2.05) is 25.1 Å². The molecule has 2 aromatic heterocycles. The molecule has 2 rings (SSSR count). The largest absolute Gasteiger partial charge is 0.370 e. The summed E-state index contributed by atoms with van der Waals surface area (Å²) in [5, 5.41) is 13.3. The summed E-state index contributed by atoms with van der Waals surface area (Å²) in [7, 11) is 0. The van der Waals surface area contributed by atoms with E-state index in [2.05, 4.69) is 27.4 Å². The quantitative estimate of drug-likeness (QED) is 0.900. The number of anilines is 1. The van der Waals surface area contributed by atoms with Crippen molar-refractivity contribution in [1.29, 1.82) is 0 Å². The monoisotopic (exact) mass is 266 g/mol. The van der Waals surface area contributed by atoms with Gasteiger partial charge in [-0.1, -0.05) is 24.3 Å². The molecule has 1 N–H and O–H groups in total. The highest BCUT2D eigenvalue weighted by molar-refractivity contribution is 8.01. The van der Waals surface area contributed by atoms with Crippen molar-refractivity contribution in [2.75, 3.05) is 11.9 Å². The minimum absolute atomic E-state index is 0.915. The molecule has 0 aliphatic carbocycles. The highest BCUT2D eigenvalue weighted by Gasteiger charge is 2.04. The summed E-state index contributed by atoms with van der Waals surface area (Å²) >= 11 is 3.14. The minimum atomic E-state index is 0.915. The molecule has 17 heavy (non-hydrogen) atoms. The molecule has 0 aromatic carbocycles. The van der Waals surface area contributed by atoms with Gasteiger partial charge in [0, 0.05) is 6.54 Å². The van der Waals surface area contributed by atoms with Crippen molar-refractivity contribution in [3.8, 4) is 0 Å². The van der Waals surface area contributed by atoms with Gasteiger partial charge in [-0.3, -0.25) is 0 Å². The Labute approximate surface area is 109 Å². The van der Waals surface area contributed by atoms with Gasteiger partial charge in [-0.15, -0.1) is 10.2 Å². The summed E-state index contributed by atoms with van der Waals surface area (Å²) in [6.45, 7) is 5.03. The second-order valence-electron chi connectivity index (χ2n) is 3.48. The summed E-state index contributed by atoms with van der Waals surface area (Å²) in [5.74, 6) is 0.915. The lowest BCUT2D eigenvalue weighted by Gasteiger charge is -2.04. The van der Waals surface area contributed by atoms with Gasteiger partial charge < -0.3 is 5.32 Å². The molecule has 2 aromatic rings. The summed E-state index contributed by atoms with van der Waals surface area (Å²) in [6, 6.07) is 5.96. The van der Waals surface area contributed by atoms with Crippen LogP contribution in [0.25, 0.3) is 0 Å². The van der Waals surface area contributed by atoms with E-state index in [1.54, 1.807) is 23.1 Å². The number of rotatable bonds is 5. The van der Waals surface area contributed by atoms with Gasteiger partial charge in [0.2, 0.25) is 0 Å². The van der Waals surface area contributed by atoms with Crippen LogP contribution >= 0.6 is 23.1 Å². The number of nitrogens with one attached hydrogen (secondary N) is 1. The van der Waals surface area contributed by atoms with Gasteiger partial charge in [-0.05, 0) is 37.2 Å². The van der Waals surface area contributed by atoms with Crippen molar-refractivity contribution in [2.45, 2.75) is 29.6 Å². The first kappa shape index (κ1) is 12.3. The Morgan fingerprint density at radius 2 is 2.24 bits per heavy atom. The Morgan fingerprint density at radius 3 is 2.94 bits per heavy atom. The molecule has 0 spiro atoms. The zero-order valence-electron chi connectivity index (χ0n) is 9.80. The van der Waals surface area contributed by atoms with Gasteiger partial charge in [-0.2, -0.15) is 0 Å². The van der Waals surface area contributed by atoms with Gasteiger partial charge in [0.05, 0.1) is 0 Å². The smallest absolute Gasteiger partial charge is 0.180 e. The van der Waals surface area contributed by atoms with Crippen LogP contribution in [0.5, 0.6) is 0 Å². The lowest BCUT2D eigenvalue weighted by atomic mass is 10.4. The van der Waals surface area contributed by atoms with Crippen LogP contribution < -0.4 is 5.32 Å². The maximum atomic E-state index is 4.51. The lowest BCUT2D eigenvalue weighted by molar-refractivity contribution is 0.957. The fraction of sp³-hybridized carbons (Fsp3) is 0.364. The zero-order valence-corrected chi connectivity index (χ0v) is 11.4. The molecule has 4 nitrogen and oxygen atoms in total. The Morgan fingerprint density at radius 1 is 1.35 bits per heavy atom. The van der Waals surface area contributed by atoms with Crippen LogP contribution in [0.1, 0.15) is 18.4 Å². The molecule has 0 amide bonds. The van der Waals surface area contributed by atoms with Crippen LogP contribution in [0.15, 0.2) is 27.6 Å². The van der Waals surface area contributed by atoms with Crippen molar-refractivity contribution < 1.29 is 0 Å². The van der Waals surface area contributed by atoms with Crippen LogP contribution in [0.3, 0.4) is 0 Å². The standard InChI is InChI=1S/C11H14N4S2/c1-3-7-12-9-5-4-6-10(13-9)17-11-15-14-8(2)16-11/h4-6H,3,7H2,1-2H3,(H,12,13). The van der Waals surface area contributed by atoms with E-state index in [-0.39, 0.29) is 0 Å². The van der Waals surface area contributed by atoms with E-state index in [0.717, 1.165) is 33.2 Å². The highest BCUT2D eigenvalue weighted by atomic mass is 32.2. The lowest BCUT2D eigenvalue weighted by Crippen LogP contribution is -2.01. The molecule has 0 bridgehead atoms. The Kier molecular flexibility index (Phi) is 4.33. The molecule has 0 saturated carbocycles. The normalized spacial score (nSPS) is 10.5. The average molecular weight is 266 g/mol. The van der Waals surface area contributed by atoms with E-state index in [1.165, 1.54) is 0 Å². The third-order valence-electron chi connectivity index (χ3n) is 1.98. The molecule has 0 unspecified atom stereocenters. The summed E-state index contributed by atoms with van der Waals surface area (Å²) in [5.41, 5.74) is 0. The van der Waals surface area contributed by atoms with Crippen LogP contribution in [-0.4, -0.2) is 21.7 Å². The number of aromatic nitrogens is 3. The first-order chi connectivity index (χ1) is 8.28. The van der Waals surface area contributed by atoms with Crippen LogP contribution in [0.2, 0.25) is 0 Å². The van der Waals surface area contributed by atoms with E-state index in [9.17, 15) is 0 Å². The minimum Gasteiger partial charge on any atom is -0.370 e. The molecule has 0 fully saturated rings. The molecule has 0 aliphatic heterocycles. The van der Waals surface area contributed by atoms with Crippen molar-refractivity contribution in [3.63, 3.8) is 0 Å². The van der Waals surface area contributed by atoms with Gasteiger partial charge >= 0.3 is 0 Å². The van der Waals surface area contributed by atoms with Gasteiger partial charge in [-0.25, -0.2) is 4.98 Å². The van der Waals surface area contributed by atoms with Crippen LogP contribution in [-0.2, 0) is 0 Å². The fourth-order valence-corrected chi connectivity index (χ4v) is 2.98. The second-order valence-corrected chi connectivity index (χ2v) is 5.93. The Balaban J connectivity index is 2.05. The maximum Gasteiger partial charge on any atom is 0.180 e. The van der Waals surface area contributed by atoms with Crippen molar-refractivity contribution >= 4 is 28.9 Å². The average Bonchev–Trinajstić information content (AvgIpc) is 2.73. The maximum absolute atomic E-state index is 4.51. The number of hydrogen-bond donors (Lipinski definition) is 1. The number of hydrogen-bond acceptors (Lipinski definition) is 6. The molecule has 0 radical (unpaired) electrons. The number of aryl methyl sites for hydroxylation is 1. The molecule has 90 valence electrons. The fourth-order valence-electron chi connectivity index (χ4n) is 1.23. The van der Waals surface area contributed by atoms with Crippen molar-refractivity contribution in [1.82, 2.24) is 15.2 Å². The summed E-state index contributed by atoms with van der Waals surface area (Å²) in [4.78, 5) is 4.51. The molecule has 0 aliphatic rings. The van der Waals surface area contributed by atoms with Crippen LogP contribution in [0.4, 0.5) is 5.82 Å². The Hall–Kier alpha value is -1.14. The molecular formula is C11H14N4S2. The molecule has 2 heterocycles. The Bertz CT molecular complexity index is 484. The third kappa shape index (κ3) is 3.67. The van der Waals surface area contributed by atoms with E-state index >= 15 is 0 Å². The van der Waals surface area contributed by atoms with Crippen molar-refractivity contribution in [2.24, 2.45) is 0 Å². The van der Waals surface area contributed by atoms with Gasteiger partial charge in [0.1, 0.15) is 15.9 Å². The summed E-state index contributed by atoms with van der Waals surface area (Å²) in [6.07, 6.45) is 1.09. The molecule has 0 atom stereocenters. The van der Waals surface area contributed by atoms with E-state index < -0.39 is 0 Å². The SMILES string of the molecule is CCCNc1cccc(Sc2nnc(C)s2)n1. The first-order valence-electron chi connectivity index (χ1n) is 5.47. The van der Waals surface area contributed by atoms with Crippen molar-refractivity contribution in [3.05, 3.63) is 23.2 Å². The topological polar surface area (TPSA) is 50.7 Å². The number of nitrogens with zero attached hydrogens (tertiary/aromatic N) is 3. The number of pyridine rings is 1. The zero-order chi connectivity index (χ0) is 12.1. The third-order valence-corrected chi connectivity index (χ3v) is 3.81. The van der Waals surface area contributed by atoms with E-state index in [0.29, 0.717) is 0 Å². The van der Waals surface area contributed by atoms with Gasteiger partial charge in [0.25, 0.3) is 0 Å². The van der Waals surface area contributed by atoms with Crippen LogP contribution in [0, 0.1) is 6.92 Å². The predicted molar refractivity (Wildman–Crippen MR) is 71.8 cm³/mol. The van der Waals surface area contributed by atoms with E-state index in [4.69, 9.17) is 0 Å². The predicted octanol–water partition coefficient (Wildman–Crippen LogP) is 3.21. The molecule has 6 heteroatoms. The highest BCUT2D eigenvalue weighted by Crippen LogP contribution is 2.28. The first-order valence-corrected chi connectivity index (χ1v) is 7.10.